The van der Waals surface area contributed by atoms with Gasteiger partial charge in [0.25, 0.3) is 0 Å². The zero-order valence-corrected chi connectivity index (χ0v) is 20.0. The van der Waals surface area contributed by atoms with E-state index in [9.17, 15) is 4.39 Å². The summed E-state index contributed by atoms with van der Waals surface area (Å²) in [6, 6.07) is 23.3. The highest BCUT2D eigenvalue weighted by molar-refractivity contribution is 7.07. The molecule has 0 amide bonds. The van der Waals surface area contributed by atoms with Crippen molar-refractivity contribution < 1.29 is 4.39 Å². The van der Waals surface area contributed by atoms with E-state index >= 15 is 0 Å². The van der Waals surface area contributed by atoms with Crippen LogP contribution in [0.3, 0.4) is 0 Å². The minimum Gasteiger partial charge on any atom is -0.312 e. The topological polar surface area (TPSA) is 17.3 Å². The number of rotatable bonds is 5. The normalized spacial score (nSPS) is 15.2. The second-order valence-corrected chi connectivity index (χ2v) is 9.93. The van der Waals surface area contributed by atoms with Crippen LogP contribution in [0.15, 0.2) is 83.2 Å². The fraction of sp³-hybridized carbons (Fsp3) is 0.250. The highest BCUT2D eigenvalue weighted by atomic mass is 35.5. The van der Waals surface area contributed by atoms with Crippen LogP contribution >= 0.6 is 22.9 Å². The smallest absolute Gasteiger partial charge is 0.190 e. The average Bonchev–Trinajstić information content (AvgIpc) is 3.24. The molecule has 168 valence electrons. The van der Waals surface area contributed by atoms with E-state index in [1.165, 1.54) is 55.4 Å². The van der Waals surface area contributed by atoms with E-state index in [-0.39, 0.29) is 5.82 Å². The Balaban J connectivity index is 1.53. The summed E-state index contributed by atoms with van der Waals surface area (Å²) >= 11 is 7.70. The second-order valence-electron chi connectivity index (χ2n) is 8.66. The van der Waals surface area contributed by atoms with Gasteiger partial charge >= 0.3 is 0 Å². The molecule has 1 heterocycles. The fourth-order valence-corrected chi connectivity index (χ4v) is 5.62. The van der Waals surface area contributed by atoms with E-state index in [1.807, 2.05) is 24.3 Å². The van der Waals surface area contributed by atoms with Gasteiger partial charge in [0.05, 0.1) is 17.9 Å². The number of benzene rings is 3. The number of aromatic nitrogens is 1. The van der Waals surface area contributed by atoms with Crippen molar-refractivity contribution >= 4 is 28.6 Å². The predicted octanol–water partition coefficient (Wildman–Crippen LogP) is 8.34. The van der Waals surface area contributed by atoms with Gasteiger partial charge in [-0.15, -0.1) is 11.3 Å². The zero-order chi connectivity index (χ0) is 22.6. The van der Waals surface area contributed by atoms with Crippen LogP contribution in [-0.4, -0.2) is 4.57 Å². The van der Waals surface area contributed by atoms with Crippen LogP contribution in [0.25, 0.3) is 11.3 Å². The number of thiazole rings is 1. The lowest BCUT2D eigenvalue weighted by atomic mass is 9.84. The largest absolute Gasteiger partial charge is 0.312 e. The molecule has 0 atom stereocenters. The summed E-state index contributed by atoms with van der Waals surface area (Å²) in [6.45, 7) is 0.681. The molecule has 1 aromatic heterocycles. The Hall–Kier alpha value is -2.69. The summed E-state index contributed by atoms with van der Waals surface area (Å²) in [5, 5.41) is 2.89. The van der Waals surface area contributed by atoms with E-state index in [2.05, 4.69) is 34.2 Å². The molecule has 4 aromatic rings. The molecule has 0 N–H and O–H groups in total. The fourth-order valence-electron chi connectivity index (χ4n) is 4.56. The molecule has 0 radical (unpaired) electrons. The maximum Gasteiger partial charge on any atom is 0.190 e. The molecular formula is C28H26ClFN2S. The molecule has 0 unspecified atom stereocenters. The standard InChI is InChI=1S/C28H26ClFN2S/c29-24-12-6-20(7-13-24)18-32-27(19-33-28(32)31-26-16-14-25(30)15-17-26)23-10-8-22(9-11-23)21-4-2-1-3-5-21/h6-17,19,21H,1-5,18H2. The Bertz CT molecular complexity index is 1270. The quantitative estimate of drug-likeness (QED) is 0.275. The van der Waals surface area contributed by atoms with Gasteiger partial charge in [0.1, 0.15) is 5.82 Å². The Kier molecular flexibility index (Phi) is 6.75. The maximum absolute atomic E-state index is 13.4. The molecule has 5 rings (SSSR count). The Morgan fingerprint density at radius 3 is 2.27 bits per heavy atom. The van der Waals surface area contributed by atoms with Crippen molar-refractivity contribution in [3.8, 4) is 11.3 Å². The molecule has 0 aliphatic heterocycles. The first-order chi connectivity index (χ1) is 16.2. The summed E-state index contributed by atoms with van der Waals surface area (Å²) in [7, 11) is 0. The predicted molar refractivity (Wildman–Crippen MR) is 136 cm³/mol. The van der Waals surface area contributed by atoms with Gasteiger partial charge in [0, 0.05) is 10.4 Å². The molecule has 0 saturated heterocycles. The Labute approximate surface area is 203 Å². The van der Waals surface area contributed by atoms with Gasteiger partial charge in [-0.2, -0.15) is 0 Å². The first-order valence-corrected chi connectivity index (χ1v) is 12.7. The van der Waals surface area contributed by atoms with Crippen LogP contribution in [0.5, 0.6) is 0 Å². The van der Waals surface area contributed by atoms with Crippen molar-refractivity contribution in [1.82, 2.24) is 4.57 Å². The summed E-state index contributed by atoms with van der Waals surface area (Å²) < 4.78 is 15.6. The number of halogens is 2. The minimum atomic E-state index is -0.257. The molecule has 1 aliphatic rings. The minimum absolute atomic E-state index is 0.257. The number of nitrogens with zero attached hydrogens (tertiary/aromatic N) is 2. The molecule has 0 bridgehead atoms. The van der Waals surface area contributed by atoms with E-state index in [4.69, 9.17) is 16.6 Å². The van der Waals surface area contributed by atoms with Gasteiger partial charge in [0.15, 0.2) is 4.80 Å². The molecule has 33 heavy (non-hydrogen) atoms. The van der Waals surface area contributed by atoms with E-state index in [0.717, 1.165) is 26.8 Å². The molecule has 0 spiro atoms. The first-order valence-electron chi connectivity index (χ1n) is 11.5. The summed E-state index contributed by atoms with van der Waals surface area (Å²) in [6.07, 6.45) is 6.65. The van der Waals surface area contributed by atoms with Gasteiger partial charge in [-0.3, -0.25) is 0 Å². The SMILES string of the molecule is Fc1ccc(N=c2scc(-c3ccc(C4CCCCC4)cc3)n2Cc2ccc(Cl)cc2)cc1. The van der Waals surface area contributed by atoms with Gasteiger partial charge in [-0.1, -0.05) is 67.3 Å². The monoisotopic (exact) mass is 476 g/mol. The van der Waals surface area contributed by atoms with Crippen molar-refractivity contribution in [2.75, 3.05) is 0 Å². The van der Waals surface area contributed by atoms with Crippen molar-refractivity contribution in [2.45, 2.75) is 44.6 Å². The lowest BCUT2D eigenvalue weighted by Gasteiger charge is -2.22. The third-order valence-corrected chi connectivity index (χ3v) is 7.50. The number of hydrogen-bond donors (Lipinski definition) is 0. The van der Waals surface area contributed by atoms with Gasteiger partial charge < -0.3 is 4.57 Å². The van der Waals surface area contributed by atoms with Crippen LogP contribution in [0.1, 0.15) is 49.1 Å². The lowest BCUT2D eigenvalue weighted by Crippen LogP contribution is -2.16. The van der Waals surface area contributed by atoms with Gasteiger partial charge in [-0.25, -0.2) is 9.38 Å². The first kappa shape index (κ1) is 22.1. The average molecular weight is 477 g/mol. The third-order valence-electron chi connectivity index (χ3n) is 6.39. The van der Waals surface area contributed by atoms with Crippen LogP contribution in [0.4, 0.5) is 10.1 Å². The number of hydrogen-bond acceptors (Lipinski definition) is 2. The van der Waals surface area contributed by atoms with Crippen molar-refractivity contribution in [1.29, 1.82) is 0 Å². The van der Waals surface area contributed by atoms with Crippen molar-refractivity contribution in [3.63, 3.8) is 0 Å². The van der Waals surface area contributed by atoms with Crippen molar-refractivity contribution in [3.05, 3.63) is 105 Å². The van der Waals surface area contributed by atoms with E-state index in [1.54, 1.807) is 23.5 Å². The Morgan fingerprint density at radius 2 is 1.58 bits per heavy atom. The van der Waals surface area contributed by atoms with Crippen molar-refractivity contribution in [2.24, 2.45) is 4.99 Å². The molecule has 1 saturated carbocycles. The van der Waals surface area contributed by atoms with Crippen LogP contribution in [-0.2, 0) is 6.54 Å². The Morgan fingerprint density at radius 1 is 0.879 bits per heavy atom. The summed E-state index contributed by atoms with van der Waals surface area (Å²) in [5.41, 5.74) is 5.65. The lowest BCUT2D eigenvalue weighted by molar-refractivity contribution is 0.443. The zero-order valence-electron chi connectivity index (χ0n) is 18.4. The van der Waals surface area contributed by atoms with E-state index in [0.29, 0.717) is 12.5 Å². The second kappa shape index (κ2) is 10.1. The summed E-state index contributed by atoms with van der Waals surface area (Å²) in [4.78, 5) is 5.70. The van der Waals surface area contributed by atoms with Crippen LogP contribution < -0.4 is 4.80 Å². The van der Waals surface area contributed by atoms with E-state index < -0.39 is 0 Å². The van der Waals surface area contributed by atoms with Crippen LogP contribution in [0, 0.1) is 5.82 Å². The third kappa shape index (κ3) is 5.29. The maximum atomic E-state index is 13.4. The van der Waals surface area contributed by atoms with Gasteiger partial charge in [0.2, 0.25) is 0 Å². The molecule has 3 aromatic carbocycles. The highest BCUT2D eigenvalue weighted by Gasteiger charge is 2.16. The van der Waals surface area contributed by atoms with Gasteiger partial charge in [-0.05, 0) is 71.8 Å². The summed E-state index contributed by atoms with van der Waals surface area (Å²) in [5.74, 6) is 0.438. The molecule has 5 heteroatoms. The molecular weight excluding hydrogens is 451 g/mol. The van der Waals surface area contributed by atoms with Crippen LogP contribution in [0.2, 0.25) is 5.02 Å². The molecule has 1 aliphatic carbocycles. The molecule has 2 nitrogen and oxygen atoms in total. The molecule has 1 fully saturated rings. The highest BCUT2D eigenvalue weighted by Crippen LogP contribution is 2.33.